The van der Waals surface area contributed by atoms with E-state index in [0.717, 1.165) is 0 Å². The molecule has 0 rings (SSSR count). The third-order valence-electron chi connectivity index (χ3n) is 0.554. The Morgan fingerprint density at radius 2 is 2.29 bits per heavy atom. The fourth-order valence-corrected chi connectivity index (χ4v) is 0.255. The second-order valence-corrected chi connectivity index (χ2v) is 1.58. The van der Waals surface area contributed by atoms with Crippen molar-refractivity contribution in [3.05, 3.63) is 9.95 Å². The van der Waals surface area contributed by atoms with Crippen molar-refractivity contribution in [3.63, 3.8) is 0 Å². The molecular weight excluding hydrogens is 128 g/mol. The summed E-state index contributed by atoms with van der Waals surface area (Å²) in [5, 5.41) is 8.11. The third kappa shape index (κ3) is 2.60. The Hall–Kier alpha value is -0.0757. The molecule has 0 atom stereocenters. The standard InChI is InChI=1S/C4H5O2.Ti/c1-3(2)4(5)6;/h1H,2H3,(H,5,6);. The number of carboxylic acid groups (broad SMARTS) is 1. The molecule has 0 radical (unpaired) electrons. The molecule has 7 heavy (non-hydrogen) atoms. The average Bonchev–Trinajstić information content (AvgIpc) is 1.65. The molecule has 2 nitrogen and oxygen atoms in total. The second-order valence-electron chi connectivity index (χ2n) is 1.13. The topological polar surface area (TPSA) is 37.3 Å². The van der Waals surface area contributed by atoms with E-state index in [2.05, 4.69) is 0 Å². The van der Waals surface area contributed by atoms with Crippen LogP contribution >= 0.6 is 0 Å². The van der Waals surface area contributed by atoms with Gasteiger partial charge in [-0.25, -0.2) is 0 Å². The van der Waals surface area contributed by atoms with Crippen molar-refractivity contribution in [3.8, 4) is 0 Å². The van der Waals surface area contributed by atoms with Gasteiger partial charge in [0.2, 0.25) is 0 Å². The van der Waals surface area contributed by atoms with Crippen LogP contribution in [0.5, 0.6) is 0 Å². The van der Waals surface area contributed by atoms with Crippen LogP contribution in [0.15, 0.2) is 9.95 Å². The summed E-state index contributed by atoms with van der Waals surface area (Å²) in [5.41, 5.74) is 0.389. The van der Waals surface area contributed by atoms with Gasteiger partial charge in [0.05, 0.1) is 0 Å². The molecule has 0 saturated carbocycles. The molecule has 0 aliphatic heterocycles. The van der Waals surface area contributed by atoms with Crippen LogP contribution in [0.3, 0.4) is 0 Å². The summed E-state index contributed by atoms with van der Waals surface area (Å²) in [5.74, 6) is -0.845. The molecule has 0 aliphatic rings. The van der Waals surface area contributed by atoms with Crippen LogP contribution < -0.4 is 0 Å². The van der Waals surface area contributed by atoms with Gasteiger partial charge in [-0.2, -0.15) is 0 Å². The zero-order chi connectivity index (χ0) is 5.86. The van der Waals surface area contributed by atoms with E-state index in [1.165, 1.54) is 0 Å². The molecular formula is C4H5O2Ti. The van der Waals surface area contributed by atoms with Crippen LogP contribution in [-0.2, 0) is 25.2 Å². The normalized spacial score (nSPS) is 11.1. The van der Waals surface area contributed by atoms with E-state index in [1.807, 2.05) is 0 Å². The van der Waals surface area contributed by atoms with Crippen molar-refractivity contribution >= 4 is 5.97 Å². The van der Waals surface area contributed by atoms with Gasteiger partial charge in [-0.15, -0.1) is 0 Å². The number of carboxylic acids is 1. The Labute approximate surface area is 53.6 Å². The molecule has 0 bridgehead atoms. The molecule has 0 aliphatic carbocycles. The maximum atomic E-state index is 9.86. The Balaban J connectivity index is 3.82. The van der Waals surface area contributed by atoms with Crippen molar-refractivity contribution in [2.24, 2.45) is 0 Å². The van der Waals surface area contributed by atoms with E-state index in [-0.39, 0.29) is 0 Å². The average molecular weight is 133 g/mol. The van der Waals surface area contributed by atoms with E-state index >= 15 is 0 Å². The molecule has 0 amide bonds. The van der Waals surface area contributed by atoms with Crippen LogP contribution in [0, 0.1) is 0 Å². The Morgan fingerprint density at radius 1 is 1.86 bits per heavy atom. The molecule has 0 heterocycles. The number of hydrogen-bond donors (Lipinski definition) is 1. The summed E-state index contributed by atoms with van der Waals surface area (Å²) in [7, 11) is 0. The minimum absolute atomic E-state index is 0.389. The van der Waals surface area contributed by atoms with Gasteiger partial charge in [-0.3, -0.25) is 0 Å². The molecule has 0 saturated heterocycles. The Morgan fingerprint density at radius 3 is 2.29 bits per heavy atom. The molecule has 1 N–H and O–H groups in total. The zero-order valence-electron chi connectivity index (χ0n) is 3.93. The van der Waals surface area contributed by atoms with Crippen LogP contribution in [0.1, 0.15) is 6.92 Å². The molecule has 3 heteroatoms. The van der Waals surface area contributed by atoms with Gasteiger partial charge >= 0.3 is 53.2 Å². The van der Waals surface area contributed by atoms with E-state index < -0.39 is 5.97 Å². The van der Waals surface area contributed by atoms with E-state index in [9.17, 15) is 4.79 Å². The van der Waals surface area contributed by atoms with Crippen molar-refractivity contribution in [2.45, 2.75) is 6.92 Å². The SMILES string of the molecule is CC(=[CH][Ti])C(=O)O. The fourth-order valence-electron chi connectivity index (χ4n) is 0.0617. The zero-order valence-corrected chi connectivity index (χ0v) is 5.49. The Bertz CT molecular complexity index is 106. The summed E-state index contributed by atoms with van der Waals surface area (Å²) in [4.78, 5) is 9.86. The van der Waals surface area contributed by atoms with Crippen LogP contribution in [-0.4, -0.2) is 11.1 Å². The molecule has 0 aromatic heterocycles. The number of aliphatic carboxylic acids is 1. The monoisotopic (exact) mass is 133 g/mol. The summed E-state index contributed by atoms with van der Waals surface area (Å²) < 4.78 is 1.56. The summed E-state index contributed by atoms with van der Waals surface area (Å²) in [6, 6.07) is 0. The quantitative estimate of drug-likeness (QED) is 0.418. The first-order valence-corrected chi connectivity index (χ1v) is 2.66. The molecule has 0 unspecified atom stereocenters. The van der Waals surface area contributed by atoms with Crippen LogP contribution in [0.2, 0.25) is 0 Å². The molecule has 0 spiro atoms. The van der Waals surface area contributed by atoms with Crippen molar-refractivity contribution in [1.82, 2.24) is 0 Å². The summed E-state index contributed by atoms with van der Waals surface area (Å²) >= 11 is 1.70. The van der Waals surface area contributed by atoms with E-state index in [0.29, 0.717) is 5.57 Å². The van der Waals surface area contributed by atoms with Gasteiger partial charge in [0.15, 0.2) is 0 Å². The van der Waals surface area contributed by atoms with Gasteiger partial charge in [0, 0.05) is 0 Å². The number of rotatable bonds is 1. The third-order valence-corrected chi connectivity index (χ3v) is 1.23. The first-order chi connectivity index (χ1) is 3.18. The maximum absolute atomic E-state index is 9.86. The van der Waals surface area contributed by atoms with Crippen molar-refractivity contribution in [1.29, 1.82) is 0 Å². The van der Waals surface area contributed by atoms with Crippen molar-refractivity contribution < 1.29 is 30.3 Å². The van der Waals surface area contributed by atoms with Gasteiger partial charge in [-0.1, -0.05) is 0 Å². The molecule has 0 fully saturated rings. The van der Waals surface area contributed by atoms with E-state index in [4.69, 9.17) is 5.11 Å². The first kappa shape index (κ1) is 6.92. The summed E-state index contributed by atoms with van der Waals surface area (Å²) in [6.07, 6.45) is 0. The first-order valence-electron chi connectivity index (χ1n) is 1.76. The molecule has 37 valence electrons. The fraction of sp³-hybridized carbons (Fsp3) is 0.250. The van der Waals surface area contributed by atoms with Crippen LogP contribution in [0.25, 0.3) is 0 Å². The van der Waals surface area contributed by atoms with Crippen molar-refractivity contribution in [2.75, 3.05) is 0 Å². The van der Waals surface area contributed by atoms with Gasteiger partial charge in [0.25, 0.3) is 0 Å². The Kier molecular flexibility index (Phi) is 2.96. The predicted octanol–water partition coefficient (Wildman–Crippen LogP) is 0.522. The van der Waals surface area contributed by atoms with E-state index in [1.54, 1.807) is 31.7 Å². The van der Waals surface area contributed by atoms with Crippen LogP contribution in [0.4, 0.5) is 0 Å². The minimum atomic E-state index is -0.845. The van der Waals surface area contributed by atoms with Gasteiger partial charge in [0.1, 0.15) is 0 Å². The second kappa shape index (κ2) is 3.00. The molecule has 0 aromatic carbocycles. The summed E-state index contributed by atoms with van der Waals surface area (Å²) in [6.45, 7) is 1.56. The van der Waals surface area contributed by atoms with Gasteiger partial charge in [-0.05, 0) is 0 Å². The predicted molar refractivity (Wildman–Crippen MR) is 21.4 cm³/mol. The molecule has 0 aromatic rings. The van der Waals surface area contributed by atoms with Gasteiger partial charge < -0.3 is 0 Å². The number of carbonyl (C=O) groups is 1. The number of hydrogen-bond acceptors (Lipinski definition) is 1.